The van der Waals surface area contributed by atoms with Crippen LogP contribution < -0.4 is 15.2 Å². The van der Waals surface area contributed by atoms with Gasteiger partial charge in [-0.2, -0.15) is 0 Å². The highest BCUT2D eigenvalue weighted by Gasteiger charge is 2.36. The average molecular weight is 536 g/mol. The molecule has 0 fully saturated rings. The molecule has 0 heterocycles. The van der Waals surface area contributed by atoms with E-state index >= 15 is 0 Å². The van der Waals surface area contributed by atoms with E-state index in [1.54, 1.807) is 33.8 Å². The number of ether oxygens (including phenoxy) is 3. The van der Waals surface area contributed by atoms with E-state index in [-0.39, 0.29) is 41.1 Å². The lowest BCUT2D eigenvalue weighted by Crippen LogP contribution is -2.43. The van der Waals surface area contributed by atoms with E-state index in [1.807, 2.05) is 41.5 Å². The summed E-state index contributed by atoms with van der Waals surface area (Å²) in [7, 11) is 0. The number of carboxylic acids is 1. The molecular weight excluding hydrogens is 490 g/mol. The smallest absolute Gasteiger partial charge is 0.321 e. The van der Waals surface area contributed by atoms with Crippen molar-refractivity contribution in [2.45, 2.75) is 100 Å². The van der Waals surface area contributed by atoms with Crippen LogP contribution >= 0.6 is 0 Å². The molecule has 214 valence electrons. The molecule has 1 aromatic carbocycles. The van der Waals surface area contributed by atoms with Crippen molar-refractivity contribution in [1.82, 2.24) is 0 Å². The summed E-state index contributed by atoms with van der Waals surface area (Å²) in [5.74, 6) is -4.35. The third-order valence-electron chi connectivity index (χ3n) is 5.90. The van der Waals surface area contributed by atoms with Gasteiger partial charge in [-0.15, -0.1) is 0 Å². The first kappa shape index (κ1) is 33.1. The largest absolute Gasteiger partial charge is 0.480 e. The molecule has 0 amide bonds. The molecule has 0 bridgehead atoms. The Hall–Kier alpha value is -2.94. The van der Waals surface area contributed by atoms with Gasteiger partial charge in [0.05, 0.1) is 18.8 Å². The molecular formula is C29H45NO8. The molecule has 0 saturated carbocycles. The minimum Gasteiger partial charge on any atom is -0.480 e. The molecule has 0 aromatic heterocycles. The van der Waals surface area contributed by atoms with E-state index in [2.05, 4.69) is 0 Å². The zero-order chi connectivity index (χ0) is 29.6. The molecule has 0 spiro atoms. The van der Waals surface area contributed by atoms with Crippen LogP contribution in [0.5, 0.6) is 11.5 Å². The summed E-state index contributed by atoms with van der Waals surface area (Å²) < 4.78 is 16.7. The monoisotopic (exact) mass is 535 g/mol. The molecule has 4 atom stereocenters. The van der Waals surface area contributed by atoms with Crippen LogP contribution in [-0.4, -0.2) is 41.1 Å². The highest BCUT2D eigenvalue weighted by atomic mass is 16.6. The number of benzene rings is 1. The van der Waals surface area contributed by atoms with Gasteiger partial charge >= 0.3 is 23.9 Å². The molecule has 0 saturated heterocycles. The van der Waals surface area contributed by atoms with E-state index in [0.717, 1.165) is 0 Å². The fourth-order valence-electron chi connectivity index (χ4n) is 3.79. The SMILES string of the molecule is CC(C)C(=O)OC(C)C(C)C(c1ccc(OC(=O)CC(C)(C)C)c(OC(=O)CC(C)(C)C)c1)[C@H](N)C(=O)O. The van der Waals surface area contributed by atoms with Gasteiger partial charge in [0, 0.05) is 11.8 Å². The van der Waals surface area contributed by atoms with Crippen molar-refractivity contribution in [1.29, 1.82) is 0 Å². The zero-order valence-corrected chi connectivity index (χ0v) is 24.4. The maximum Gasteiger partial charge on any atom is 0.321 e. The lowest BCUT2D eigenvalue weighted by molar-refractivity contribution is -0.155. The van der Waals surface area contributed by atoms with Crippen molar-refractivity contribution in [3.8, 4) is 11.5 Å². The van der Waals surface area contributed by atoms with Crippen LogP contribution in [0.25, 0.3) is 0 Å². The van der Waals surface area contributed by atoms with E-state index in [0.29, 0.717) is 5.56 Å². The Labute approximate surface area is 226 Å². The van der Waals surface area contributed by atoms with Crippen molar-refractivity contribution in [3.05, 3.63) is 23.8 Å². The molecule has 1 rings (SSSR count). The molecule has 0 aliphatic carbocycles. The van der Waals surface area contributed by atoms with E-state index in [1.165, 1.54) is 12.1 Å². The fourth-order valence-corrected chi connectivity index (χ4v) is 3.79. The highest BCUT2D eigenvalue weighted by Crippen LogP contribution is 2.38. The Morgan fingerprint density at radius 2 is 1.32 bits per heavy atom. The maximum atomic E-state index is 12.7. The van der Waals surface area contributed by atoms with E-state index in [4.69, 9.17) is 19.9 Å². The second-order valence-corrected chi connectivity index (χ2v) is 12.7. The second-order valence-electron chi connectivity index (χ2n) is 12.7. The minimum atomic E-state index is -1.35. The van der Waals surface area contributed by atoms with Crippen LogP contribution in [0.2, 0.25) is 0 Å². The normalized spacial score (nSPS) is 15.3. The molecule has 38 heavy (non-hydrogen) atoms. The zero-order valence-electron chi connectivity index (χ0n) is 24.4. The van der Waals surface area contributed by atoms with Crippen LogP contribution in [0.15, 0.2) is 18.2 Å². The second kappa shape index (κ2) is 13.2. The van der Waals surface area contributed by atoms with Crippen LogP contribution in [-0.2, 0) is 23.9 Å². The lowest BCUT2D eigenvalue weighted by atomic mass is 9.79. The van der Waals surface area contributed by atoms with Gasteiger partial charge in [-0.05, 0) is 35.4 Å². The van der Waals surface area contributed by atoms with Gasteiger partial charge in [0.1, 0.15) is 12.1 Å². The van der Waals surface area contributed by atoms with Crippen molar-refractivity contribution in [2.75, 3.05) is 0 Å². The summed E-state index contributed by atoms with van der Waals surface area (Å²) in [6, 6.07) is 3.18. The first-order valence-electron chi connectivity index (χ1n) is 13.0. The average Bonchev–Trinajstić information content (AvgIpc) is 2.72. The summed E-state index contributed by atoms with van der Waals surface area (Å²) in [4.78, 5) is 49.4. The molecule has 9 nitrogen and oxygen atoms in total. The Morgan fingerprint density at radius 3 is 1.74 bits per heavy atom. The quantitative estimate of drug-likeness (QED) is 0.292. The first-order chi connectivity index (χ1) is 17.2. The molecule has 3 N–H and O–H groups in total. The maximum absolute atomic E-state index is 12.7. The summed E-state index contributed by atoms with van der Waals surface area (Å²) >= 11 is 0. The fraction of sp³-hybridized carbons (Fsp3) is 0.655. The number of carboxylic acid groups (broad SMARTS) is 1. The number of carbonyl (C=O) groups is 4. The molecule has 3 unspecified atom stereocenters. The summed E-state index contributed by atoms with van der Waals surface area (Å²) in [5, 5.41) is 9.75. The Morgan fingerprint density at radius 1 is 0.842 bits per heavy atom. The molecule has 0 radical (unpaired) electrons. The Balaban J connectivity index is 3.52. The number of carbonyl (C=O) groups excluding carboxylic acids is 3. The predicted octanol–water partition coefficient (Wildman–Crippen LogP) is 5.09. The highest BCUT2D eigenvalue weighted by molar-refractivity contribution is 5.78. The summed E-state index contributed by atoms with van der Waals surface area (Å²) in [5.41, 5.74) is 5.88. The van der Waals surface area contributed by atoms with Crippen molar-refractivity contribution < 1.29 is 38.5 Å². The van der Waals surface area contributed by atoms with Gasteiger partial charge in [0.25, 0.3) is 0 Å². The van der Waals surface area contributed by atoms with Gasteiger partial charge in [-0.3, -0.25) is 19.2 Å². The third kappa shape index (κ3) is 10.8. The van der Waals surface area contributed by atoms with Gasteiger partial charge in [-0.25, -0.2) is 0 Å². The molecule has 1 aromatic rings. The third-order valence-corrected chi connectivity index (χ3v) is 5.90. The Bertz CT molecular complexity index is 1000. The molecule has 9 heteroatoms. The van der Waals surface area contributed by atoms with Crippen LogP contribution in [0.3, 0.4) is 0 Å². The number of nitrogens with two attached hydrogens (primary N) is 1. The lowest BCUT2D eigenvalue weighted by Gasteiger charge is -2.32. The van der Waals surface area contributed by atoms with Crippen LogP contribution in [0.1, 0.15) is 93.6 Å². The van der Waals surface area contributed by atoms with Gasteiger partial charge in [0.2, 0.25) is 0 Å². The number of rotatable bonds is 11. The molecule has 0 aliphatic rings. The summed E-state index contributed by atoms with van der Waals surface area (Å²) in [6.45, 7) is 18.2. The van der Waals surface area contributed by atoms with Crippen LogP contribution in [0, 0.1) is 22.7 Å². The van der Waals surface area contributed by atoms with Crippen molar-refractivity contribution in [2.24, 2.45) is 28.4 Å². The topological polar surface area (TPSA) is 142 Å². The van der Waals surface area contributed by atoms with Crippen molar-refractivity contribution >= 4 is 23.9 Å². The van der Waals surface area contributed by atoms with Gasteiger partial charge < -0.3 is 25.1 Å². The van der Waals surface area contributed by atoms with E-state index < -0.39 is 47.9 Å². The minimum absolute atomic E-state index is 0.0133. The van der Waals surface area contributed by atoms with E-state index in [9.17, 15) is 24.3 Å². The number of esters is 3. The van der Waals surface area contributed by atoms with Crippen molar-refractivity contribution in [3.63, 3.8) is 0 Å². The van der Waals surface area contributed by atoms with Gasteiger partial charge in [0.15, 0.2) is 11.5 Å². The number of aliphatic carboxylic acids is 1. The number of hydrogen-bond acceptors (Lipinski definition) is 8. The van der Waals surface area contributed by atoms with Crippen LogP contribution in [0.4, 0.5) is 0 Å². The standard InChI is InChI=1S/C29H45NO8/c1-16(2)27(35)36-18(4)17(3)24(25(30)26(33)34)19-11-12-20(37-22(31)14-28(5,6)7)21(13-19)38-23(32)15-29(8,9)10/h11-13,16-18,24-25H,14-15,30H2,1-10H3,(H,33,34)/t17?,18?,24?,25-/m0/s1. The van der Waals surface area contributed by atoms with Gasteiger partial charge in [-0.1, -0.05) is 68.4 Å². The molecule has 0 aliphatic heterocycles. The predicted molar refractivity (Wildman–Crippen MR) is 144 cm³/mol. The number of hydrogen-bond donors (Lipinski definition) is 2. The Kier molecular flexibility index (Phi) is 11.5. The summed E-state index contributed by atoms with van der Waals surface area (Å²) in [6.07, 6.45) is -0.424. The first-order valence-corrected chi connectivity index (χ1v) is 13.0.